The van der Waals surface area contributed by atoms with Crippen molar-refractivity contribution in [3.8, 4) is 0 Å². The number of aromatic nitrogens is 2. The first-order valence-electron chi connectivity index (χ1n) is 4.30. The Morgan fingerprint density at radius 3 is 2.92 bits per heavy atom. The molecule has 0 bridgehead atoms. The second-order valence-corrected chi connectivity index (χ2v) is 2.99. The highest BCUT2D eigenvalue weighted by atomic mass is 16.5. The van der Waals surface area contributed by atoms with Gasteiger partial charge in [-0.1, -0.05) is 5.16 Å². The first-order valence-corrected chi connectivity index (χ1v) is 4.30. The molecule has 0 unspecified atom stereocenters. The van der Waals surface area contributed by atoms with E-state index in [-0.39, 0.29) is 6.10 Å². The number of nitrogens with zero attached hydrogens (tertiary/aromatic N) is 2. The number of nitrogens with one attached hydrogen (secondary N) is 1. The maximum Gasteiger partial charge on any atom is 0.252 e. The molecule has 0 saturated heterocycles. The summed E-state index contributed by atoms with van der Waals surface area (Å²) < 4.78 is 10.2. The van der Waals surface area contributed by atoms with Crippen LogP contribution >= 0.6 is 0 Å². The molecule has 1 aromatic rings. The molecule has 0 aliphatic rings. The summed E-state index contributed by atoms with van der Waals surface area (Å²) in [6.07, 6.45) is 0.180. The van der Waals surface area contributed by atoms with Crippen LogP contribution in [0, 0.1) is 0 Å². The van der Waals surface area contributed by atoms with Gasteiger partial charge in [0.25, 0.3) is 5.89 Å². The molecule has 0 amide bonds. The first kappa shape index (κ1) is 10.1. The van der Waals surface area contributed by atoms with Crippen LogP contribution < -0.4 is 5.32 Å². The van der Waals surface area contributed by atoms with Crippen molar-refractivity contribution in [2.45, 2.75) is 33.1 Å². The van der Waals surface area contributed by atoms with Crippen molar-refractivity contribution < 1.29 is 9.26 Å². The summed E-state index contributed by atoms with van der Waals surface area (Å²) in [4.78, 5) is 4.11. The molecule has 0 radical (unpaired) electrons. The van der Waals surface area contributed by atoms with Gasteiger partial charge in [-0.3, -0.25) is 0 Å². The highest BCUT2D eigenvalue weighted by molar-refractivity contribution is 4.83. The van der Waals surface area contributed by atoms with Crippen molar-refractivity contribution in [2.75, 3.05) is 7.05 Å². The molecule has 5 nitrogen and oxygen atoms in total. The van der Waals surface area contributed by atoms with Gasteiger partial charge in [0.05, 0.1) is 12.6 Å². The third-order valence-electron chi connectivity index (χ3n) is 1.39. The number of rotatable bonds is 5. The second kappa shape index (κ2) is 4.94. The fourth-order valence-electron chi connectivity index (χ4n) is 0.817. The van der Waals surface area contributed by atoms with Gasteiger partial charge >= 0.3 is 0 Å². The van der Waals surface area contributed by atoms with E-state index in [1.54, 1.807) is 0 Å². The molecular weight excluding hydrogens is 170 g/mol. The lowest BCUT2D eigenvalue weighted by molar-refractivity contribution is 0.0485. The molecular formula is C8H15N3O2. The van der Waals surface area contributed by atoms with Gasteiger partial charge in [0.2, 0.25) is 0 Å². The Morgan fingerprint density at radius 2 is 2.31 bits per heavy atom. The Kier molecular flexibility index (Phi) is 3.85. The van der Waals surface area contributed by atoms with Crippen LogP contribution in [0.15, 0.2) is 4.52 Å². The Morgan fingerprint density at radius 1 is 1.54 bits per heavy atom. The molecule has 1 rings (SSSR count). The standard InChI is InChI=1S/C8H15N3O2/c1-6(2)12-5-8-10-7(4-9-3)11-13-8/h6,9H,4-5H2,1-3H3. The van der Waals surface area contributed by atoms with Gasteiger partial charge in [0, 0.05) is 0 Å². The van der Waals surface area contributed by atoms with Crippen LogP contribution in [-0.2, 0) is 17.9 Å². The zero-order valence-electron chi connectivity index (χ0n) is 8.20. The summed E-state index contributed by atoms with van der Waals surface area (Å²) >= 11 is 0. The van der Waals surface area contributed by atoms with Gasteiger partial charge in [-0.15, -0.1) is 0 Å². The predicted octanol–water partition coefficient (Wildman–Crippen LogP) is 0.714. The SMILES string of the molecule is CNCc1noc(COC(C)C)n1. The largest absolute Gasteiger partial charge is 0.369 e. The summed E-state index contributed by atoms with van der Waals surface area (Å²) in [6, 6.07) is 0. The van der Waals surface area contributed by atoms with Crippen LogP contribution in [0.5, 0.6) is 0 Å². The van der Waals surface area contributed by atoms with Gasteiger partial charge in [0.1, 0.15) is 6.61 Å². The van der Waals surface area contributed by atoms with Crippen molar-refractivity contribution in [3.05, 3.63) is 11.7 Å². The Balaban J connectivity index is 2.39. The van der Waals surface area contributed by atoms with E-state index in [0.717, 1.165) is 0 Å². The van der Waals surface area contributed by atoms with Crippen LogP contribution in [0.4, 0.5) is 0 Å². The Hall–Kier alpha value is -0.940. The third-order valence-corrected chi connectivity index (χ3v) is 1.39. The zero-order valence-corrected chi connectivity index (χ0v) is 8.20. The molecule has 1 aromatic heterocycles. The molecule has 1 heterocycles. The molecule has 0 aliphatic heterocycles. The molecule has 0 spiro atoms. The first-order chi connectivity index (χ1) is 6.22. The molecule has 0 fully saturated rings. The van der Waals surface area contributed by atoms with Crippen molar-refractivity contribution in [1.82, 2.24) is 15.5 Å². The third kappa shape index (κ3) is 3.52. The molecule has 0 atom stereocenters. The number of hydrogen-bond donors (Lipinski definition) is 1. The van der Waals surface area contributed by atoms with Crippen LogP contribution in [0.2, 0.25) is 0 Å². The van der Waals surface area contributed by atoms with E-state index in [2.05, 4.69) is 15.5 Å². The Labute approximate surface area is 77.5 Å². The highest BCUT2D eigenvalue weighted by Gasteiger charge is 2.05. The topological polar surface area (TPSA) is 60.2 Å². The van der Waals surface area contributed by atoms with Crippen molar-refractivity contribution in [2.24, 2.45) is 0 Å². The van der Waals surface area contributed by atoms with Gasteiger partial charge in [-0.25, -0.2) is 0 Å². The van der Waals surface area contributed by atoms with E-state index in [0.29, 0.717) is 24.9 Å². The van der Waals surface area contributed by atoms with Crippen LogP contribution in [0.3, 0.4) is 0 Å². The minimum Gasteiger partial charge on any atom is -0.369 e. The second-order valence-electron chi connectivity index (χ2n) is 2.99. The molecule has 74 valence electrons. The maximum absolute atomic E-state index is 5.30. The number of ether oxygens (including phenoxy) is 1. The van der Waals surface area contributed by atoms with Crippen molar-refractivity contribution in [3.63, 3.8) is 0 Å². The monoisotopic (exact) mass is 185 g/mol. The zero-order chi connectivity index (χ0) is 9.68. The highest BCUT2D eigenvalue weighted by Crippen LogP contribution is 2.01. The fraction of sp³-hybridized carbons (Fsp3) is 0.750. The fourth-order valence-corrected chi connectivity index (χ4v) is 0.817. The van der Waals surface area contributed by atoms with Crippen LogP contribution in [0.25, 0.3) is 0 Å². The normalized spacial score (nSPS) is 11.1. The van der Waals surface area contributed by atoms with E-state index >= 15 is 0 Å². The molecule has 13 heavy (non-hydrogen) atoms. The number of hydrogen-bond acceptors (Lipinski definition) is 5. The quantitative estimate of drug-likeness (QED) is 0.732. The summed E-state index contributed by atoms with van der Waals surface area (Å²) in [5, 5.41) is 6.69. The lowest BCUT2D eigenvalue weighted by Gasteiger charge is -2.02. The summed E-state index contributed by atoms with van der Waals surface area (Å²) in [5.74, 6) is 1.18. The van der Waals surface area contributed by atoms with E-state index in [1.165, 1.54) is 0 Å². The van der Waals surface area contributed by atoms with Gasteiger partial charge in [-0.2, -0.15) is 4.98 Å². The Bertz CT molecular complexity index is 247. The van der Waals surface area contributed by atoms with Gasteiger partial charge in [-0.05, 0) is 20.9 Å². The smallest absolute Gasteiger partial charge is 0.252 e. The van der Waals surface area contributed by atoms with E-state index in [1.807, 2.05) is 20.9 Å². The average molecular weight is 185 g/mol. The van der Waals surface area contributed by atoms with E-state index < -0.39 is 0 Å². The van der Waals surface area contributed by atoms with E-state index in [9.17, 15) is 0 Å². The minimum atomic E-state index is 0.180. The van der Waals surface area contributed by atoms with Gasteiger partial charge < -0.3 is 14.6 Å². The van der Waals surface area contributed by atoms with Crippen LogP contribution in [0.1, 0.15) is 25.6 Å². The summed E-state index contributed by atoms with van der Waals surface area (Å²) in [7, 11) is 1.83. The van der Waals surface area contributed by atoms with Gasteiger partial charge in [0.15, 0.2) is 5.82 Å². The van der Waals surface area contributed by atoms with Crippen molar-refractivity contribution in [1.29, 1.82) is 0 Å². The average Bonchev–Trinajstić information content (AvgIpc) is 2.50. The molecule has 5 heteroatoms. The van der Waals surface area contributed by atoms with Crippen LogP contribution in [-0.4, -0.2) is 23.3 Å². The lowest BCUT2D eigenvalue weighted by atomic mass is 10.5. The molecule has 0 saturated carbocycles. The summed E-state index contributed by atoms with van der Waals surface area (Å²) in [6.45, 7) is 4.93. The molecule has 1 N–H and O–H groups in total. The van der Waals surface area contributed by atoms with E-state index in [4.69, 9.17) is 9.26 Å². The lowest BCUT2D eigenvalue weighted by Crippen LogP contribution is -2.07. The van der Waals surface area contributed by atoms with Crippen molar-refractivity contribution >= 4 is 0 Å². The maximum atomic E-state index is 5.30. The molecule has 0 aromatic carbocycles. The summed E-state index contributed by atoms with van der Waals surface area (Å²) in [5.41, 5.74) is 0. The minimum absolute atomic E-state index is 0.180. The molecule has 0 aliphatic carbocycles. The predicted molar refractivity (Wildman–Crippen MR) is 47.0 cm³/mol.